The molecule has 1 aliphatic carbocycles. The minimum atomic E-state index is -0.752. The van der Waals surface area contributed by atoms with Gasteiger partial charge < -0.3 is 25.2 Å². The fourth-order valence-corrected chi connectivity index (χ4v) is 6.63. The van der Waals surface area contributed by atoms with E-state index >= 15 is 4.39 Å². The summed E-state index contributed by atoms with van der Waals surface area (Å²) in [5, 5.41) is 5.83. The monoisotopic (exact) mass is 676 g/mol. The van der Waals surface area contributed by atoms with Gasteiger partial charge in [0.1, 0.15) is 11.4 Å². The molecule has 13 heteroatoms. The smallest absolute Gasteiger partial charge is 0.410 e. The number of benzene rings is 2. The van der Waals surface area contributed by atoms with Crippen LogP contribution in [0.5, 0.6) is 0 Å². The molecular formula is C36H45FN6O6. The van der Waals surface area contributed by atoms with Gasteiger partial charge in [-0.05, 0) is 102 Å². The Morgan fingerprint density at radius 3 is 2.45 bits per heavy atom. The summed E-state index contributed by atoms with van der Waals surface area (Å²) in [6.07, 6.45) is 3.45. The van der Waals surface area contributed by atoms with E-state index in [1.165, 1.54) is 20.1 Å². The average molecular weight is 677 g/mol. The van der Waals surface area contributed by atoms with Gasteiger partial charge in [-0.25, -0.2) is 18.8 Å². The van der Waals surface area contributed by atoms with E-state index in [0.29, 0.717) is 51.0 Å². The van der Waals surface area contributed by atoms with Crippen molar-refractivity contribution in [3.63, 3.8) is 0 Å². The lowest BCUT2D eigenvalue weighted by molar-refractivity contribution is 0.0223. The largest absolute Gasteiger partial charge is 0.444 e. The normalized spacial score (nSPS) is 18.0. The summed E-state index contributed by atoms with van der Waals surface area (Å²) in [6.45, 7) is 11.0. The first-order chi connectivity index (χ1) is 23.2. The van der Waals surface area contributed by atoms with Gasteiger partial charge in [0, 0.05) is 56.4 Å². The number of hydrogen-bond acceptors (Lipinski definition) is 6. The molecule has 0 radical (unpaired) electrons. The van der Waals surface area contributed by atoms with E-state index in [-0.39, 0.29) is 53.1 Å². The maximum absolute atomic E-state index is 15.4. The maximum atomic E-state index is 15.4. The molecule has 3 heterocycles. The number of carbonyl (C=O) groups excluding carboxylic acids is 3. The van der Waals surface area contributed by atoms with Gasteiger partial charge in [-0.3, -0.25) is 18.7 Å². The Balaban J connectivity index is 1.12. The second-order valence-electron chi connectivity index (χ2n) is 14.8. The highest BCUT2D eigenvalue weighted by Gasteiger charge is 2.29. The molecule has 1 saturated heterocycles. The van der Waals surface area contributed by atoms with E-state index in [1.807, 2.05) is 32.9 Å². The van der Waals surface area contributed by atoms with Gasteiger partial charge in [-0.15, -0.1) is 0 Å². The topological polar surface area (TPSA) is 135 Å². The lowest BCUT2D eigenvalue weighted by atomic mass is 9.97. The number of piperidine rings is 1. The van der Waals surface area contributed by atoms with E-state index in [2.05, 4.69) is 10.6 Å². The molecule has 1 aromatic heterocycles. The molecule has 262 valence electrons. The number of rotatable bonds is 6. The zero-order valence-corrected chi connectivity index (χ0v) is 28.8. The number of halogens is 1. The van der Waals surface area contributed by atoms with Gasteiger partial charge in [0.05, 0.1) is 16.6 Å². The van der Waals surface area contributed by atoms with Crippen LogP contribution >= 0.6 is 0 Å². The zero-order valence-electron chi connectivity index (χ0n) is 28.8. The molecule has 4 amide bonds. The summed E-state index contributed by atoms with van der Waals surface area (Å²) in [4.78, 5) is 69.0. The number of urea groups is 1. The molecule has 2 aromatic carbocycles. The number of hydrogen-bond donors (Lipinski definition) is 2. The van der Waals surface area contributed by atoms with E-state index in [1.54, 1.807) is 24.8 Å². The van der Waals surface area contributed by atoms with Gasteiger partial charge in [-0.1, -0.05) is 6.07 Å². The number of nitrogens with one attached hydrogen (secondary N) is 2. The third-order valence-electron chi connectivity index (χ3n) is 9.33. The van der Waals surface area contributed by atoms with Crippen LogP contribution in [-0.2, 0) is 24.2 Å². The molecule has 2 N–H and O–H groups in total. The van der Waals surface area contributed by atoms with Crippen molar-refractivity contribution in [2.75, 3.05) is 25.0 Å². The van der Waals surface area contributed by atoms with Gasteiger partial charge in [0.25, 0.3) is 11.5 Å². The molecule has 0 spiro atoms. The number of ether oxygens (including phenoxy) is 1. The second kappa shape index (κ2) is 13.3. The number of likely N-dealkylation sites (tertiary alicyclic amines) is 1. The highest BCUT2D eigenvalue weighted by atomic mass is 19.1. The number of anilines is 1. The second-order valence-corrected chi connectivity index (χ2v) is 14.8. The summed E-state index contributed by atoms with van der Waals surface area (Å²) in [5.74, 6) is -0.735. The Kier molecular flexibility index (Phi) is 9.29. The molecule has 1 atom stereocenters. The Labute approximate surface area is 284 Å². The van der Waals surface area contributed by atoms with Crippen LogP contribution in [0.2, 0.25) is 0 Å². The highest BCUT2D eigenvalue weighted by molar-refractivity contribution is 5.95. The Morgan fingerprint density at radius 2 is 1.76 bits per heavy atom. The summed E-state index contributed by atoms with van der Waals surface area (Å²) in [5.41, 5.74) is 0.963. The SMILES string of the molecule is CC(C)n1c(=O)n(CC2CC2)c(=O)c2cc(NC(=O)N3CCC[C@@H](NC(=O)c4ccc5c(c4)CCN(C(=O)OC(C)(C)C)C5)C3)c(F)cc21. The fourth-order valence-electron chi connectivity index (χ4n) is 6.63. The van der Waals surface area contributed by atoms with Crippen LogP contribution in [0, 0.1) is 11.7 Å². The number of fused-ring (bicyclic) bond motifs is 2. The van der Waals surface area contributed by atoms with E-state index < -0.39 is 28.7 Å². The van der Waals surface area contributed by atoms with E-state index in [4.69, 9.17) is 4.74 Å². The minimum Gasteiger partial charge on any atom is -0.444 e. The minimum absolute atomic E-state index is 0.146. The third kappa shape index (κ3) is 7.50. The standard InChI is InChI=1S/C36H45FN6O6/c1-21(2)43-30-17-28(37)29(16-27(30)32(45)42(34(43)47)18-22-8-9-22)39-33(46)40-13-6-7-26(20-40)38-31(44)24-10-11-25-19-41(14-12-23(25)15-24)35(48)49-36(3,4)5/h10-11,15-17,21-22,26H,6-9,12-14,18-20H2,1-5H3,(H,38,44)(H,39,46)/t26-/m1/s1. The molecule has 3 aromatic rings. The van der Waals surface area contributed by atoms with Crippen LogP contribution in [0.4, 0.5) is 19.7 Å². The lowest BCUT2D eigenvalue weighted by Crippen LogP contribution is -2.50. The predicted octanol–water partition coefficient (Wildman–Crippen LogP) is 5.01. The number of carbonyl (C=O) groups is 3. The third-order valence-corrected chi connectivity index (χ3v) is 9.33. The molecule has 49 heavy (non-hydrogen) atoms. The summed E-state index contributed by atoms with van der Waals surface area (Å²) in [7, 11) is 0. The van der Waals surface area contributed by atoms with Crippen molar-refractivity contribution in [3.8, 4) is 0 Å². The van der Waals surface area contributed by atoms with Crippen LogP contribution in [-0.4, -0.2) is 68.2 Å². The van der Waals surface area contributed by atoms with Crippen molar-refractivity contribution < 1.29 is 23.5 Å². The molecule has 0 bridgehead atoms. The first-order valence-corrected chi connectivity index (χ1v) is 17.1. The first-order valence-electron chi connectivity index (χ1n) is 17.1. The van der Waals surface area contributed by atoms with Crippen LogP contribution in [0.15, 0.2) is 39.9 Å². The van der Waals surface area contributed by atoms with Crippen LogP contribution in [0.25, 0.3) is 10.9 Å². The Bertz CT molecular complexity index is 1920. The van der Waals surface area contributed by atoms with E-state index in [9.17, 15) is 24.0 Å². The zero-order chi connectivity index (χ0) is 35.2. The molecule has 6 rings (SSSR count). The van der Waals surface area contributed by atoms with Crippen molar-refractivity contribution in [2.45, 2.75) is 97.5 Å². The van der Waals surface area contributed by atoms with Crippen LogP contribution < -0.4 is 21.9 Å². The first kappa shape index (κ1) is 34.2. The van der Waals surface area contributed by atoms with Crippen molar-refractivity contribution in [1.82, 2.24) is 24.3 Å². The fraction of sp³-hybridized carbons (Fsp3) is 0.528. The molecule has 12 nitrogen and oxygen atoms in total. The van der Waals surface area contributed by atoms with Gasteiger partial charge in [-0.2, -0.15) is 0 Å². The molecule has 2 aliphatic heterocycles. The van der Waals surface area contributed by atoms with Crippen molar-refractivity contribution >= 4 is 34.6 Å². The van der Waals surface area contributed by atoms with Gasteiger partial charge in [0.2, 0.25) is 0 Å². The van der Waals surface area contributed by atoms with Crippen LogP contribution in [0.1, 0.15) is 87.8 Å². The summed E-state index contributed by atoms with van der Waals surface area (Å²) >= 11 is 0. The summed E-state index contributed by atoms with van der Waals surface area (Å²) in [6, 6.07) is 6.74. The number of aromatic nitrogens is 2. The lowest BCUT2D eigenvalue weighted by Gasteiger charge is -2.33. The molecular weight excluding hydrogens is 631 g/mol. The highest BCUT2D eigenvalue weighted by Crippen LogP contribution is 2.30. The average Bonchev–Trinajstić information content (AvgIpc) is 3.87. The van der Waals surface area contributed by atoms with Crippen molar-refractivity contribution in [1.29, 1.82) is 0 Å². The quantitative estimate of drug-likeness (QED) is 0.377. The van der Waals surface area contributed by atoms with Gasteiger partial charge >= 0.3 is 17.8 Å². The molecule has 2 fully saturated rings. The maximum Gasteiger partial charge on any atom is 0.410 e. The summed E-state index contributed by atoms with van der Waals surface area (Å²) < 4.78 is 23.6. The molecule has 0 unspecified atom stereocenters. The number of nitrogens with zero attached hydrogens (tertiary/aromatic N) is 4. The van der Waals surface area contributed by atoms with Crippen molar-refractivity contribution in [3.05, 3.63) is 73.7 Å². The van der Waals surface area contributed by atoms with Gasteiger partial charge in [0.15, 0.2) is 0 Å². The van der Waals surface area contributed by atoms with E-state index in [0.717, 1.165) is 30.0 Å². The predicted molar refractivity (Wildman–Crippen MR) is 183 cm³/mol. The Hall–Kier alpha value is -4.68. The molecule has 1 saturated carbocycles. The molecule has 3 aliphatic rings. The van der Waals surface area contributed by atoms with Crippen molar-refractivity contribution in [2.24, 2.45) is 5.92 Å². The Morgan fingerprint density at radius 1 is 1.00 bits per heavy atom. The number of amides is 4. The van der Waals surface area contributed by atoms with Crippen LogP contribution in [0.3, 0.4) is 0 Å².